The standard InChI is InChI=1S/C16H4Cl3F3N4/c17-12-9(5-24)14(19)15(10(6-25)13(12)18)26-8-2-1-7(4-23)11(3-8)16(20,21)22/h1-3,26H. The van der Waals surface area contributed by atoms with Crippen LogP contribution in [-0.2, 0) is 6.18 Å². The Hall–Kier alpha value is -2.63. The molecule has 2 aromatic rings. The van der Waals surface area contributed by atoms with Gasteiger partial charge in [-0.2, -0.15) is 29.0 Å². The first-order chi connectivity index (χ1) is 12.1. The normalized spacial score (nSPS) is 10.6. The Morgan fingerprint density at radius 1 is 0.846 bits per heavy atom. The van der Waals surface area contributed by atoms with Crippen molar-refractivity contribution in [3.8, 4) is 18.2 Å². The number of hydrogen-bond acceptors (Lipinski definition) is 4. The van der Waals surface area contributed by atoms with Gasteiger partial charge in [0, 0.05) is 5.69 Å². The van der Waals surface area contributed by atoms with Crippen LogP contribution in [0.4, 0.5) is 24.5 Å². The Balaban J connectivity index is 2.68. The third kappa shape index (κ3) is 3.49. The fourth-order valence-electron chi connectivity index (χ4n) is 2.08. The van der Waals surface area contributed by atoms with Crippen LogP contribution in [0, 0.1) is 34.0 Å². The minimum absolute atomic E-state index is 0.114. The van der Waals surface area contributed by atoms with Crippen molar-refractivity contribution >= 4 is 46.2 Å². The molecule has 0 saturated heterocycles. The molecular weight excluding hydrogens is 412 g/mol. The van der Waals surface area contributed by atoms with E-state index in [9.17, 15) is 18.4 Å². The molecule has 0 aliphatic carbocycles. The minimum Gasteiger partial charge on any atom is -0.353 e. The van der Waals surface area contributed by atoms with E-state index in [0.29, 0.717) is 6.07 Å². The summed E-state index contributed by atoms with van der Waals surface area (Å²) in [6, 6.07) is 7.75. The van der Waals surface area contributed by atoms with Crippen LogP contribution in [0.5, 0.6) is 0 Å². The van der Waals surface area contributed by atoms with Gasteiger partial charge in [0.05, 0.1) is 49.1 Å². The summed E-state index contributed by atoms with van der Waals surface area (Å²) in [4.78, 5) is 0. The van der Waals surface area contributed by atoms with E-state index in [1.807, 2.05) is 0 Å². The summed E-state index contributed by atoms with van der Waals surface area (Å²) in [5.41, 5.74) is -2.49. The third-order valence-corrected chi connectivity index (χ3v) is 4.49. The number of rotatable bonds is 2. The number of halogens is 6. The number of nitrogens with one attached hydrogen (secondary N) is 1. The number of hydrogen-bond donors (Lipinski definition) is 1. The first-order valence-electron chi connectivity index (χ1n) is 6.54. The zero-order valence-electron chi connectivity index (χ0n) is 12.3. The molecule has 130 valence electrons. The van der Waals surface area contributed by atoms with Crippen molar-refractivity contribution in [1.82, 2.24) is 0 Å². The average Bonchev–Trinajstić information content (AvgIpc) is 2.59. The molecule has 26 heavy (non-hydrogen) atoms. The zero-order chi connectivity index (χ0) is 19.6. The van der Waals surface area contributed by atoms with Crippen molar-refractivity contribution in [1.29, 1.82) is 15.8 Å². The molecule has 1 N–H and O–H groups in total. The lowest BCUT2D eigenvalue weighted by molar-refractivity contribution is -0.137. The molecule has 0 amide bonds. The molecule has 0 spiro atoms. The van der Waals surface area contributed by atoms with Crippen LogP contribution < -0.4 is 5.32 Å². The van der Waals surface area contributed by atoms with Gasteiger partial charge in [-0.1, -0.05) is 34.8 Å². The number of alkyl halides is 3. The fourth-order valence-corrected chi connectivity index (χ4v) is 2.87. The van der Waals surface area contributed by atoms with E-state index in [2.05, 4.69) is 5.32 Å². The van der Waals surface area contributed by atoms with Gasteiger partial charge in [-0.3, -0.25) is 0 Å². The SMILES string of the molecule is N#Cc1ccc(Nc2c(Cl)c(C#N)c(Cl)c(Cl)c2C#N)cc1C(F)(F)F. The van der Waals surface area contributed by atoms with Crippen molar-refractivity contribution < 1.29 is 13.2 Å². The number of nitrogens with zero attached hydrogens (tertiary/aromatic N) is 3. The smallest absolute Gasteiger partial charge is 0.353 e. The van der Waals surface area contributed by atoms with Crippen molar-refractivity contribution in [3.05, 3.63) is 55.5 Å². The molecule has 0 saturated carbocycles. The molecule has 0 radical (unpaired) electrons. The summed E-state index contributed by atoms with van der Waals surface area (Å²) in [6.07, 6.45) is -4.76. The summed E-state index contributed by atoms with van der Waals surface area (Å²) in [6.45, 7) is 0. The molecule has 2 aromatic carbocycles. The molecule has 2 rings (SSSR count). The van der Waals surface area contributed by atoms with Crippen LogP contribution in [0.15, 0.2) is 18.2 Å². The second-order valence-electron chi connectivity index (χ2n) is 4.79. The maximum Gasteiger partial charge on any atom is 0.417 e. The van der Waals surface area contributed by atoms with Gasteiger partial charge >= 0.3 is 6.18 Å². The zero-order valence-corrected chi connectivity index (χ0v) is 14.6. The van der Waals surface area contributed by atoms with E-state index in [0.717, 1.165) is 6.07 Å². The van der Waals surface area contributed by atoms with Gasteiger partial charge in [0.1, 0.15) is 12.1 Å². The van der Waals surface area contributed by atoms with Crippen molar-refractivity contribution in [2.45, 2.75) is 6.18 Å². The van der Waals surface area contributed by atoms with Gasteiger partial charge in [-0.25, -0.2) is 0 Å². The van der Waals surface area contributed by atoms with E-state index >= 15 is 0 Å². The Labute approximate surface area is 160 Å². The monoisotopic (exact) mass is 414 g/mol. The Morgan fingerprint density at radius 2 is 1.42 bits per heavy atom. The van der Waals surface area contributed by atoms with E-state index in [4.69, 9.17) is 45.3 Å². The predicted molar refractivity (Wildman–Crippen MR) is 90.3 cm³/mol. The second kappa shape index (κ2) is 7.32. The average molecular weight is 416 g/mol. The largest absolute Gasteiger partial charge is 0.417 e. The Bertz CT molecular complexity index is 1030. The van der Waals surface area contributed by atoms with Crippen LogP contribution in [-0.4, -0.2) is 0 Å². The van der Waals surface area contributed by atoms with Gasteiger partial charge in [-0.15, -0.1) is 0 Å². The van der Waals surface area contributed by atoms with Crippen LogP contribution in [0.3, 0.4) is 0 Å². The highest BCUT2D eigenvalue weighted by Crippen LogP contribution is 2.42. The van der Waals surface area contributed by atoms with Gasteiger partial charge in [0.15, 0.2) is 0 Å². The Morgan fingerprint density at radius 3 is 1.92 bits per heavy atom. The summed E-state index contributed by atoms with van der Waals surface area (Å²) in [5.74, 6) is 0. The van der Waals surface area contributed by atoms with E-state index in [-0.39, 0.29) is 37.6 Å². The summed E-state index contributed by atoms with van der Waals surface area (Å²) >= 11 is 17.9. The van der Waals surface area contributed by atoms with Crippen molar-refractivity contribution in [3.63, 3.8) is 0 Å². The van der Waals surface area contributed by atoms with E-state index in [1.54, 1.807) is 12.1 Å². The van der Waals surface area contributed by atoms with Crippen molar-refractivity contribution in [2.24, 2.45) is 0 Å². The molecule has 4 nitrogen and oxygen atoms in total. The molecule has 0 heterocycles. The van der Waals surface area contributed by atoms with Crippen LogP contribution in [0.1, 0.15) is 22.3 Å². The van der Waals surface area contributed by atoms with Gasteiger partial charge in [0.2, 0.25) is 0 Å². The van der Waals surface area contributed by atoms with E-state index in [1.165, 1.54) is 12.1 Å². The predicted octanol–water partition coefficient (Wildman–Crippen LogP) is 6.02. The third-order valence-electron chi connectivity index (χ3n) is 3.26. The highest BCUT2D eigenvalue weighted by molar-refractivity contribution is 6.46. The van der Waals surface area contributed by atoms with Crippen LogP contribution >= 0.6 is 34.8 Å². The minimum atomic E-state index is -4.76. The highest BCUT2D eigenvalue weighted by Gasteiger charge is 2.34. The Kier molecular flexibility index (Phi) is 5.54. The molecule has 0 fully saturated rings. The summed E-state index contributed by atoms with van der Waals surface area (Å²) in [7, 11) is 0. The van der Waals surface area contributed by atoms with Gasteiger partial charge in [-0.05, 0) is 18.2 Å². The number of benzene rings is 2. The quantitative estimate of drug-likeness (QED) is 0.608. The van der Waals surface area contributed by atoms with Crippen LogP contribution in [0.25, 0.3) is 0 Å². The summed E-state index contributed by atoms with van der Waals surface area (Å²) in [5, 5.41) is 29.0. The van der Waals surface area contributed by atoms with E-state index < -0.39 is 17.3 Å². The molecule has 0 aliphatic heterocycles. The number of nitriles is 3. The molecule has 0 aliphatic rings. The molecule has 0 bridgehead atoms. The van der Waals surface area contributed by atoms with Gasteiger partial charge in [0.25, 0.3) is 0 Å². The fraction of sp³-hybridized carbons (Fsp3) is 0.0625. The van der Waals surface area contributed by atoms with Crippen LogP contribution in [0.2, 0.25) is 15.1 Å². The second-order valence-corrected chi connectivity index (χ2v) is 5.92. The maximum absolute atomic E-state index is 13.1. The molecular formula is C16H4Cl3F3N4. The topological polar surface area (TPSA) is 83.4 Å². The first kappa shape index (κ1) is 19.7. The molecule has 0 atom stereocenters. The maximum atomic E-state index is 13.1. The first-order valence-corrected chi connectivity index (χ1v) is 7.68. The van der Waals surface area contributed by atoms with Gasteiger partial charge < -0.3 is 5.32 Å². The number of anilines is 2. The van der Waals surface area contributed by atoms with Crippen molar-refractivity contribution in [2.75, 3.05) is 5.32 Å². The highest BCUT2D eigenvalue weighted by atomic mass is 35.5. The lowest BCUT2D eigenvalue weighted by Crippen LogP contribution is -2.09. The molecule has 0 aromatic heterocycles. The lowest BCUT2D eigenvalue weighted by Gasteiger charge is -2.16. The summed E-state index contributed by atoms with van der Waals surface area (Å²) < 4.78 is 39.2. The molecule has 0 unspecified atom stereocenters. The lowest BCUT2D eigenvalue weighted by atomic mass is 10.1. The molecule has 10 heteroatoms.